The van der Waals surface area contributed by atoms with E-state index in [1.165, 1.54) is 0 Å². The number of hydrogen-bond acceptors (Lipinski definition) is 4. The number of carbonyl (C=O) groups excluding carboxylic acids is 1. The minimum absolute atomic E-state index is 0.0521. The van der Waals surface area contributed by atoms with Gasteiger partial charge in [0.2, 0.25) is 5.91 Å². The molecule has 176 valence electrons. The molecule has 0 atom stereocenters. The number of aryl methyl sites for hydroxylation is 1. The fourth-order valence-corrected chi connectivity index (χ4v) is 3.03. The number of carboxylic acids is 1. The molecule has 2 aromatic carbocycles. The molecule has 4 aromatic rings. The van der Waals surface area contributed by atoms with Gasteiger partial charge in [-0.2, -0.15) is 13.2 Å². The van der Waals surface area contributed by atoms with Gasteiger partial charge in [0.15, 0.2) is 0 Å². The number of carboxylic acid groups (broad SMARTS) is 1. The maximum absolute atomic E-state index is 12.5. The van der Waals surface area contributed by atoms with Gasteiger partial charge in [-0.05, 0) is 54.4 Å². The first-order valence-electron chi connectivity index (χ1n) is 9.97. The normalized spacial score (nSPS) is 10.8. The first-order valence-corrected chi connectivity index (χ1v) is 9.97. The molecule has 2 aromatic heterocycles. The number of benzene rings is 2. The van der Waals surface area contributed by atoms with E-state index in [4.69, 9.17) is 14.6 Å². The Morgan fingerprint density at radius 1 is 1.09 bits per heavy atom. The Morgan fingerprint density at radius 2 is 1.82 bits per heavy atom. The van der Waals surface area contributed by atoms with E-state index in [0.717, 1.165) is 27.7 Å². The van der Waals surface area contributed by atoms with E-state index in [1.807, 2.05) is 67.7 Å². The summed E-state index contributed by atoms with van der Waals surface area (Å²) in [6.07, 6.45) is 0.482. The quantitative estimate of drug-likeness (QED) is 0.358. The third kappa shape index (κ3) is 6.58. The number of para-hydroxylation sites is 1. The Bertz CT molecular complexity index is 1290. The lowest BCUT2D eigenvalue weighted by molar-refractivity contribution is -0.192. The van der Waals surface area contributed by atoms with Gasteiger partial charge in [-0.15, -0.1) is 0 Å². The van der Waals surface area contributed by atoms with Crippen molar-refractivity contribution in [1.29, 1.82) is 0 Å². The largest absolute Gasteiger partial charge is 0.490 e. The molecule has 0 aliphatic heterocycles. The second-order valence-electron chi connectivity index (χ2n) is 7.15. The summed E-state index contributed by atoms with van der Waals surface area (Å²) in [5.74, 6) is -1.43. The zero-order chi connectivity index (χ0) is 24.7. The zero-order valence-electron chi connectivity index (χ0n) is 17.9. The summed E-state index contributed by atoms with van der Waals surface area (Å²) in [4.78, 5) is 28.6. The van der Waals surface area contributed by atoms with Gasteiger partial charge in [-0.3, -0.25) is 9.78 Å². The van der Waals surface area contributed by atoms with Crippen molar-refractivity contribution in [2.45, 2.75) is 19.5 Å². The summed E-state index contributed by atoms with van der Waals surface area (Å²) < 4.78 is 37.5. The first-order chi connectivity index (χ1) is 16.1. The molecular weight excluding hydrogens is 451 g/mol. The molecule has 1 amide bonds. The number of amides is 1. The van der Waals surface area contributed by atoms with Crippen molar-refractivity contribution in [3.63, 3.8) is 0 Å². The van der Waals surface area contributed by atoms with Crippen LogP contribution in [0.1, 0.15) is 11.1 Å². The maximum atomic E-state index is 12.5. The van der Waals surface area contributed by atoms with Gasteiger partial charge in [0.05, 0.1) is 12.6 Å². The van der Waals surface area contributed by atoms with Crippen molar-refractivity contribution < 1.29 is 32.6 Å². The molecule has 0 saturated heterocycles. The Hall–Kier alpha value is -4.34. The molecule has 7 nitrogen and oxygen atoms in total. The number of ether oxygens (including phenoxy) is 1. The number of halogens is 3. The highest BCUT2D eigenvalue weighted by molar-refractivity contribution is 5.96. The van der Waals surface area contributed by atoms with Crippen molar-refractivity contribution in [3.8, 4) is 11.5 Å². The number of anilines is 1. The molecule has 0 fully saturated rings. The van der Waals surface area contributed by atoms with Crippen LogP contribution in [0.3, 0.4) is 0 Å². The molecule has 3 N–H and O–H groups in total. The Morgan fingerprint density at radius 3 is 2.47 bits per heavy atom. The van der Waals surface area contributed by atoms with Crippen LogP contribution < -0.4 is 10.1 Å². The fraction of sp³-hybridized carbons (Fsp3) is 0.125. The summed E-state index contributed by atoms with van der Waals surface area (Å²) in [6, 6.07) is 17.2. The van der Waals surface area contributed by atoms with Crippen LogP contribution >= 0.6 is 0 Å². The minimum Gasteiger partial charge on any atom is -0.475 e. The van der Waals surface area contributed by atoms with Gasteiger partial charge >= 0.3 is 12.1 Å². The van der Waals surface area contributed by atoms with Crippen LogP contribution in [0, 0.1) is 6.92 Å². The number of rotatable bonds is 5. The lowest BCUT2D eigenvalue weighted by atomic mass is 10.1. The smallest absolute Gasteiger partial charge is 0.475 e. The van der Waals surface area contributed by atoms with Crippen molar-refractivity contribution >= 4 is 28.5 Å². The summed E-state index contributed by atoms with van der Waals surface area (Å²) in [6.45, 7) is 1.94. The fourth-order valence-electron chi connectivity index (χ4n) is 3.03. The number of aromatic amines is 1. The number of pyridine rings is 1. The topological polar surface area (TPSA) is 104 Å². The number of hydrogen-bond donors (Lipinski definition) is 3. The summed E-state index contributed by atoms with van der Waals surface area (Å²) in [5.41, 5.74) is 3.73. The van der Waals surface area contributed by atoms with Gasteiger partial charge in [-0.1, -0.05) is 18.2 Å². The van der Waals surface area contributed by atoms with Crippen molar-refractivity contribution in [1.82, 2.24) is 9.97 Å². The summed E-state index contributed by atoms with van der Waals surface area (Å²) >= 11 is 0. The first kappa shape index (κ1) is 24.3. The molecule has 0 bridgehead atoms. The van der Waals surface area contributed by atoms with Crippen LogP contribution in [-0.2, 0) is 16.0 Å². The summed E-state index contributed by atoms with van der Waals surface area (Å²) in [7, 11) is 0. The average molecular weight is 471 g/mol. The molecule has 34 heavy (non-hydrogen) atoms. The van der Waals surface area contributed by atoms with Gasteiger partial charge in [0, 0.05) is 29.0 Å². The number of H-pyrrole nitrogens is 1. The summed E-state index contributed by atoms with van der Waals surface area (Å²) in [5, 5.41) is 11.2. The van der Waals surface area contributed by atoms with Crippen LogP contribution in [0.5, 0.6) is 11.5 Å². The van der Waals surface area contributed by atoms with Crippen LogP contribution in [-0.4, -0.2) is 33.1 Å². The molecule has 0 unspecified atom stereocenters. The molecule has 2 heterocycles. The van der Waals surface area contributed by atoms with Crippen molar-refractivity contribution in [2.24, 2.45) is 0 Å². The maximum Gasteiger partial charge on any atom is 0.490 e. The SMILES string of the molecule is Cc1cc(Oc2cccnc2)ccc1NC(=O)Cc1c[nH]c2ccccc12.O=C(O)C(F)(F)F. The molecule has 10 heteroatoms. The van der Waals surface area contributed by atoms with Gasteiger partial charge in [0.25, 0.3) is 0 Å². The van der Waals surface area contributed by atoms with E-state index in [2.05, 4.69) is 15.3 Å². The average Bonchev–Trinajstić information content (AvgIpc) is 3.19. The van der Waals surface area contributed by atoms with E-state index >= 15 is 0 Å². The molecule has 0 radical (unpaired) electrons. The zero-order valence-corrected chi connectivity index (χ0v) is 17.9. The second-order valence-corrected chi connectivity index (χ2v) is 7.15. The van der Waals surface area contributed by atoms with Crippen molar-refractivity contribution in [2.75, 3.05) is 5.32 Å². The molecule has 0 aliphatic rings. The molecule has 4 rings (SSSR count). The minimum atomic E-state index is -5.08. The number of carbonyl (C=O) groups is 2. The van der Waals surface area contributed by atoms with Crippen LogP contribution in [0.15, 0.2) is 73.2 Å². The molecular formula is C24H20F3N3O4. The Labute approximate surface area is 192 Å². The van der Waals surface area contributed by atoms with Gasteiger partial charge in [-0.25, -0.2) is 4.79 Å². The lowest BCUT2D eigenvalue weighted by Gasteiger charge is -2.11. The van der Waals surface area contributed by atoms with E-state index in [-0.39, 0.29) is 5.91 Å². The monoisotopic (exact) mass is 471 g/mol. The standard InChI is InChI=1S/C22H19N3O2.C2HF3O2/c1-15-11-17(27-18-5-4-10-23-14-18)8-9-20(15)25-22(26)12-16-13-24-21-7-3-2-6-19(16)21;3-2(4,5)1(6)7/h2-11,13-14,24H,12H2,1H3,(H,25,26);(H,6,7). The van der Waals surface area contributed by atoms with E-state index < -0.39 is 12.1 Å². The molecule has 0 spiro atoms. The van der Waals surface area contributed by atoms with Gasteiger partial charge < -0.3 is 20.1 Å². The number of aromatic nitrogens is 2. The van der Waals surface area contributed by atoms with Gasteiger partial charge in [0.1, 0.15) is 11.5 Å². The predicted molar refractivity (Wildman–Crippen MR) is 120 cm³/mol. The van der Waals surface area contributed by atoms with E-state index in [9.17, 15) is 18.0 Å². The Kier molecular flexibility index (Phi) is 7.52. The number of nitrogens with one attached hydrogen (secondary N) is 2. The highest BCUT2D eigenvalue weighted by Crippen LogP contribution is 2.26. The van der Waals surface area contributed by atoms with E-state index in [1.54, 1.807) is 12.4 Å². The van der Waals surface area contributed by atoms with Crippen LogP contribution in [0.25, 0.3) is 10.9 Å². The number of aliphatic carboxylic acids is 1. The lowest BCUT2D eigenvalue weighted by Crippen LogP contribution is -2.21. The van der Waals surface area contributed by atoms with Crippen LogP contribution in [0.2, 0.25) is 0 Å². The molecule has 0 aliphatic carbocycles. The third-order valence-corrected chi connectivity index (χ3v) is 4.61. The van der Waals surface area contributed by atoms with Crippen molar-refractivity contribution in [3.05, 3.63) is 84.3 Å². The second kappa shape index (κ2) is 10.5. The number of nitrogens with zero attached hydrogens (tertiary/aromatic N) is 1. The molecule has 0 saturated carbocycles. The third-order valence-electron chi connectivity index (χ3n) is 4.61. The Balaban J connectivity index is 0.000000406. The van der Waals surface area contributed by atoms with E-state index in [0.29, 0.717) is 17.9 Å². The highest BCUT2D eigenvalue weighted by Gasteiger charge is 2.38. The van der Waals surface area contributed by atoms with Crippen LogP contribution in [0.4, 0.5) is 18.9 Å². The number of alkyl halides is 3. The predicted octanol–water partition coefficient (Wildman–Crippen LogP) is 5.48. The number of fused-ring (bicyclic) bond motifs is 1. The highest BCUT2D eigenvalue weighted by atomic mass is 19.4.